The minimum absolute atomic E-state index is 0.00758. The number of nitrogens with one attached hydrogen (secondary N) is 1. The van der Waals surface area contributed by atoms with E-state index in [1.807, 2.05) is 6.92 Å². The van der Waals surface area contributed by atoms with E-state index >= 15 is 0 Å². The van der Waals surface area contributed by atoms with Crippen molar-refractivity contribution in [2.75, 3.05) is 5.32 Å². The number of primary sulfonamides is 1. The highest BCUT2D eigenvalue weighted by atomic mass is 32.2. The Labute approximate surface area is 113 Å². The zero-order valence-corrected chi connectivity index (χ0v) is 11.6. The SMILES string of the molecule is CCCC(N)CC(=O)Nc1ccc(S(N)(=O)=O)cc1. The summed E-state index contributed by atoms with van der Waals surface area (Å²) >= 11 is 0. The summed E-state index contributed by atoms with van der Waals surface area (Å²) in [7, 11) is -3.71. The molecule has 0 heterocycles. The first-order chi connectivity index (χ1) is 8.82. The molecule has 1 rings (SSSR count). The lowest BCUT2D eigenvalue weighted by Crippen LogP contribution is -2.26. The van der Waals surface area contributed by atoms with Crippen molar-refractivity contribution in [3.63, 3.8) is 0 Å². The molecule has 1 unspecified atom stereocenters. The molecule has 0 aromatic heterocycles. The van der Waals surface area contributed by atoms with Crippen LogP contribution in [0.5, 0.6) is 0 Å². The first-order valence-corrected chi connectivity index (χ1v) is 7.56. The highest BCUT2D eigenvalue weighted by Gasteiger charge is 2.10. The number of hydrogen-bond donors (Lipinski definition) is 3. The van der Waals surface area contributed by atoms with Gasteiger partial charge in [0.25, 0.3) is 0 Å². The number of hydrogen-bond acceptors (Lipinski definition) is 4. The second-order valence-electron chi connectivity index (χ2n) is 4.37. The summed E-state index contributed by atoms with van der Waals surface area (Å²) in [4.78, 5) is 11.7. The third-order valence-electron chi connectivity index (χ3n) is 2.57. The lowest BCUT2D eigenvalue weighted by Gasteiger charge is -2.10. The minimum Gasteiger partial charge on any atom is -0.327 e. The Morgan fingerprint density at radius 3 is 2.37 bits per heavy atom. The highest BCUT2D eigenvalue weighted by molar-refractivity contribution is 7.89. The largest absolute Gasteiger partial charge is 0.327 e. The fourth-order valence-corrected chi connectivity index (χ4v) is 2.17. The van der Waals surface area contributed by atoms with Crippen LogP contribution in [0.2, 0.25) is 0 Å². The molecule has 0 aliphatic rings. The molecule has 0 radical (unpaired) electrons. The van der Waals surface area contributed by atoms with E-state index in [-0.39, 0.29) is 23.3 Å². The van der Waals surface area contributed by atoms with Gasteiger partial charge >= 0.3 is 0 Å². The van der Waals surface area contributed by atoms with Gasteiger partial charge in [-0.2, -0.15) is 0 Å². The molecular formula is C12H19N3O3S. The number of benzene rings is 1. The van der Waals surface area contributed by atoms with Gasteiger partial charge in [0, 0.05) is 18.2 Å². The molecule has 19 heavy (non-hydrogen) atoms. The van der Waals surface area contributed by atoms with Crippen LogP contribution in [0.15, 0.2) is 29.2 Å². The van der Waals surface area contributed by atoms with Crippen LogP contribution >= 0.6 is 0 Å². The molecule has 7 heteroatoms. The van der Waals surface area contributed by atoms with Crippen LogP contribution in [-0.2, 0) is 14.8 Å². The zero-order chi connectivity index (χ0) is 14.5. The van der Waals surface area contributed by atoms with Gasteiger partial charge in [0.05, 0.1) is 4.90 Å². The van der Waals surface area contributed by atoms with Crippen LogP contribution in [0.25, 0.3) is 0 Å². The highest BCUT2D eigenvalue weighted by Crippen LogP contribution is 2.13. The van der Waals surface area contributed by atoms with Crippen molar-refractivity contribution >= 4 is 21.6 Å². The van der Waals surface area contributed by atoms with Gasteiger partial charge < -0.3 is 11.1 Å². The molecule has 0 aliphatic carbocycles. The van der Waals surface area contributed by atoms with E-state index in [1.165, 1.54) is 24.3 Å². The van der Waals surface area contributed by atoms with E-state index in [1.54, 1.807) is 0 Å². The molecule has 6 nitrogen and oxygen atoms in total. The molecule has 0 saturated carbocycles. The summed E-state index contributed by atoms with van der Waals surface area (Å²) in [5.41, 5.74) is 6.28. The van der Waals surface area contributed by atoms with Gasteiger partial charge in [-0.05, 0) is 30.7 Å². The van der Waals surface area contributed by atoms with Crippen molar-refractivity contribution < 1.29 is 13.2 Å². The first kappa shape index (κ1) is 15.6. The summed E-state index contributed by atoms with van der Waals surface area (Å²) < 4.78 is 22.1. The van der Waals surface area contributed by atoms with Crippen molar-refractivity contribution in [2.45, 2.75) is 37.1 Å². The van der Waals surface area contributed by atoms with E-state index in [4.69, 9.17) is 10.9 Å². The van der Waals surface area contributed by atoms with E-state index in [2.05, 4.69) is 5.32 Å². The lowest BCUT2D eigenvalue weighted by atomic mass is 10.1. The van der Waals surface area contributed by atoms with E-state index in [0.717, 1.165) is 12.8 Å². The standard InChI is InChI=1S/C12H19N3O3S/c1-2-3-9(13)8-12(16)15-10-4-6-11(7-5-10)19(14,17)18/h4-7,9H,2-3,8,13H2,1H3,(H,15,16)(H2,14,17,18). The van der Waals surface area contributed by atoms with E-state index in [0.29, 0.717) is 5.69 Å². The maximum absolute atomic E-state index is 11.6. The third-order valence-corrected chi connectivity index (χ3v) is 3.50. The number of sulfonamides is 1. The quantitative estimate of drug-likeness (QED) is 0.716. The van der Waals surface area contributed by atoms with Crippen molar-refractivity contribution in [1.82, 2.24) is 0 Å². The Balaban J connectivity index is 2.61. The first-order valence-electron chi connectivity index (χ1n) is 6.01. The number of amides is 1. The van der Waals surface area contributed by atoms with E-state index in [9.17, 15) is 13.2 Å². The molecule has 1 atom stereocenters. The molecule has 0 saturated heterocycles. The van der Waals surface area contributed by atoms with Crippen LogP contribution in [0.4, 0.5) is 5.69 Å². The van der Waals surface area contributed by atoms with Crippen LogP contribution < -0.4 is 16.2 Å². The number of anilines is 1. The van der Waals surface area contributed by atoms with Crippen LogP contribution in [0.3, 0.4) is 0 Å². The fraction of sp³-hybridized carbons (Fsp3) is 0.417. The maximum Gasteiger partial charge on any atom is 0.238 e. The number of carbonyl (C=O) groups is 1. The average Bonchev–Trinajstić information content (AvgIpc) is 2.28. The molecule has 1 amide bonds. The van der Waals surface area contributed by atoms with Crippen LogP contribution in [0, 0.1) is 0 Å². The normalized spacial score (nSPS) is 13.0. The molecule has 0 bridgehead atoms. The van der Waals surface area contributed by atoms with Gasteiger partial charge in [0.2, 0.25) is 15.9 Å². The Hall–Kier alpha value is -1.44. The second kappa shape index (κ2) is 6.65. The summed E-state index contributed by atoms with van der Waals surface area (Å²) in [6.07, 6.45) is 1.96. The van der Waals surface area contributed by atoms with Crippen LogP contribution in [-0.4, -0.2) is 20.4 Å². The second-order valence-corrected chi connectivity index (χ2v) is 5.93. The smallest absolute Gasteiger partial charge is 0.238 e. The molecule has 106 valence electrons. The Morgan fingerprint density at radius 2 is 1.89 bits per heavy atom. The van der Waals surface area contributed by atoms with Gasteiger partial charge in [-0.3, -0.25) is 4.79 Å². The zero-order valence-electron chi connectivity index (χ0n) is 10.8. The van der Waals surface area contributed by atoms with Crippen LogP contribution in [0.1, 0.15) is 26.2 Å². The van der Waals surface area contributed by atoms with Gasteiger partial charge in [0.1, 0.15) is 0 Å². The molecule has 1 aromatic carbocycles. The molecule has 0 spiro atoms. The van der Waals surface area contributed by atoms with Crippen molar-refractivity contribution in [3.05, 3.63) is 24.3 Å². The average molecular weight is 285 g/mol. The summed E-state index contributed by atoms with van der Waals surface area (Å²) in [6, 6.07) is 5.51. The number of rotatable bonds is 6. The summed E-state index contributed by atoms with van der Waals surface area (Å²) in [6.45, 7) is 2.00. The fourth-order valence-electron chi connectivity index (χ4n) is 1.65. The minimum atomic E-state index is -3.71. The third kappa shape index (κ3) is 5.37. The maximum atomic E-state index is 11.6. The Bertz CT molecular complexity index is 526. The summed E-state index contributed by atoms with van der Waals surface area (Å²) in [5, 5.41) is 7.63. The van der Waals surface area contributed by atoms with Crippen molar-refractivity contribution in [3.8, 4) is 0 Å². The molecule has 1 aromatic rings. The van der Waals surface area contributed by atoms with Gasteiger partial charge in [-0.1, -0.05) is 13.3 Å². The number of carbonyl (C=O) groups excluding carboxylic acids is 1. The molecule has 0 fully saturated rings. The molecule has 0 aliphatic heterocycles. The Kier molecular flexibility index (Phi) is 5.46. The van der Waals surface area contributed by atoms with Crippen molar-refractivity contribution in [2.24, 2.45) is 10.9 Å². The Morgan fingerprint density at radius 1 is 1.32 bits per heavy atom. The number of nitrogens with two attached hydrogens (primary N) is 2. The lowest BCUT2D eigenvalue weighted by molar-refractivity contribution is -0.116. The van der Waals surface area contributed by atoms with Gasteiger partial charge in [-0.15, -0.1) is 0 Å². The predicted molar refractivity (Wildman–Crippen MR) is 73.9 cm³/mol. The van der Waals surface area contributed by atoms with Crippen molar-refractivity contribution in [1.29, 1.82) is 0 Å². The molecule has 5 N–H and O–H groups in total. The van der Waals surface area contributed by atoms with Gasteiger partial charge in [-0.25, -0.2) is 13.6 Å². The monoisotopic (exact) mass is 285 g/mol. The topological polar surface area (TPSA) is 115 Å². The van der Waals surface area contributed by atoms with Gasteiger partial charge in [0.15, 0.2) is 0 Å². The van der Waals surface area contributed by atoms with E-state index < -0.39 is 10.0 Å². The molecular weight excluding hydrogens is 266 g/mol. The summed E-state index contributed by atoms with van der Waals surface area (Å²) in [5.74, 6) is -0.190. The predicted octanol–water partition coefficient (Wildman–Crippen LogP) is 0.790.